The predicted molar refractivity (Wildman–Crippen MR) is 63.7 cm³/mol. The fourth-order valence-electron chi connectivity index (χ4n) is 1.55. The molecule has 2 rings (SSSR count). The number of rotatable bonds is 3. The normalized spacial score (nSPS) is 12.7. The van der Waals surface area contributed by atoms with Crippen molar-refractivity contribution >= 4 is 11.6 Å². The Hall–Kier alpha value is -1.39. The number of hydrogen-bond acceptors (Lipinski definition) is 3. The zero-order chi connectivity index (χ0) is 11.5. The number of benzene rings is 1. The molecule has 1 heterocycles. The Bertz CT molecular complexity index is 478. The van der Waals surface area contributed by atoms with Crippen molar-refractivity contribution in [1.82, 2.24) is 15.0 Å². The second-order valence-corrected chi connectivity index (χ2v) is 4.23. The minimum absolute atomic E-state index is 0.0800. The van der Waals surface area contributed by atoms with Gasteiger partial charge in [0.2, 0.25) is 0 Å². The molecule has 1 atom stereocenters. The van der Waals surface area contributed by atoms with Crippen LogP contribution >= 0.6 is 11.6 Å². The SMILES string of the molecule is CC(N)Cc1cnnn1-c1cccc(Cl)c1. The summed E-state index contributed by atoms with van der Waals surface area (Å²) in [6.45, 7) is 1.95. The Labute approximate surface area is 99.0 Å². The Kier molecular flexibility index (Phi) is 3.22. The zero-order valence-electron chi connectivity index (χ0n) is 8.97. The summed E-state index contributed by atoms with van der Waals surface area (Å²) in [5.41, 5.74) is 7.65. The smallest absolute Gasteiger partial charge is 0.0730 e. The van der Waals surface area contributed by atoms with E-state index in [1.165, 1.54) is 0 Å². The van der Waals surface area contributed by atoms with Crippen molar-refractivity contribution in [3.8, 4) is 5.69 Å². The van der Waals surface area contributed by atoms with Crippen molar-refractivity contribution in [2.75, 3.05) is 0 Å². The fraction of sp³-hybridized carbons (Fsp3) is 0.273. The third-order valence-corrected chi connectivity index (χ3v) is 2.44. The van der Waals surface area contributed by atoms with E-state index in [9.17, 15) is 0 Å². The highest BCUT2D eigenvalue weighted by molar-refractivity contribution is 6.30. The molecule has 0 saturated carbocycles. The molecule has 4 nitrogen and oxygen atoms in total. The first kappa shape index (κ1) is 11.1. The molecule has 0 amide bonds. The van der Waals surface area contributed by atoms with Crippen LogP contribution in [0.25, 0.3) is 5.69 Å². The van der Waals surface area contributed by atoms with Gasteiger partial charge in [-0.2, -0.15) is 0 Å². The molecule has 5 heteroatoms. The van der Waals surface area contributed by atoms with Gasteiger partial charge in [-0.15, -0.1) is 5.10 Å². The third kappa shape index (κ3) is 2.40. The fourth-order valence-corrected chi connectivity index (χ4v) is 1.74. The number of nitrogens with zero attached hydrogens (tertiary/aromatic N) is 3. The minimum Gasteiger partial charge on any atom is -0.328 e. The van der Waals surface area contributed by atoms with Crippen LogP contribution < -0.4 is 5.73 Å². The van der Waals surface area contributed by atoms with E-state index < -0.39 is 0 Å². The van der Waals surface area contributed by atoms with Crippen LogP contribution in [0.15, 0.2) is 30.5 Å². The molecule has 0 aliphatic heterocycles. The highest BCUT2D eigenvalue weighted by Crippen LogP contribution is 2.15. The van der Waals surface area contributed by atoms with Crippen LogP contribution in [-0.2, 0) is 6.42 Å². The van der Waals surface area contributed by atoms with E-state index in [2.05, 4.69) is 10.3 Å². The van der Waals surface area contributed by atoms with Gasteiger partial charge in [0.15, 0.2) is 0 Å². The van der Waals surface area contributed by atoms with Crippen molar-refractivity contribution in [3.05, 3.63) is 41.2 Å². The molecule has 0 bridgehead atoms. The summed E-state index contributed by atoms with van der Waals surface area (Å²) in [4.78, 5) is 0. The molecule has 2 N–H and O–H groups in total. The molecule has 0 spiro atoms. The Morgan fingerprint density at radius 1 is 1.50 bits per heavy atom. The highest BCUT2D eigenvalue weighted by atomic mass is 35.5. The van der Waals surface area contributed by atoms with Gasteiger partial charge in [0, 0.05) is 17.5 Å². The maximum Gasteiger partial charge on any atom is 0.0730 e. The third-order valence-electron chi connectivity index (χ3n) is 2.20. The lowest BCUT2D eigenvalue weighted by Gasteiger charge is -2.08. The van der Waals surface area contributed by atoms with Crippen LogP contribution in [0, 0.1) is 0 Å². The molecule has 84 valence electrons. The van der Waals surface area contributed by atoms with Crippen molar-refractivity contribution in [2.24, 2.45) is 5.73 Å². The van der Waals surface area contributed by atoms with E-state index in [1.54, 1.807) is 10.9 Å². The average molecular weight is 237 g/mol. The van der Waals surface area contributed by atoms with E-state index in [0.717, 1.165) is 17.8 Å². The first-order valence-corrected chi connectivity index (χ1v) is 5.45. The van der Waals surface area contributed by atoms with Gasteiger partial charge in [0.1, 0.15) is 0 Å². The Morgan fingerprint density at radius 3 is 3.00 bits per heavy atom. The summed E-state index contributed by atoms with van der Waals surface area (Å²) in [6, 6.07) is 7.57. The summed E-state index contributed by atoms with van der Waals surface area (Å²) in [7, 11) is 0. The summed E-state index contributed by atoms with van der Waals surface area (Å²) in [5.74, 6) is 0. The molecule has 1 unspecified atom stereocenters. The minimum atomic E-state index is 0.0800. The summed E-state index contributed by atoms with van der Waals surface area (Å²) >= 11 is 5.93. The van der Waals surface area contributed by atoms with Gasteiger partial charge >= 0.3 is 0 Å². The van der Waals surface area contributed by atoms with E-state index in [1.807, 2.05) is 31.2 Å². The molecule has 0 aliphatic carbocycles. The standard InChI is InChI=1S/C11H13ClN4/c1-8(13)5-11-7-14-15-16(11)10-4-2-3-9(12)6-10/h2-4,6-8H,5,13H2,1H3. The second kappa shape index (κ2) is 4.63. The molecular formula is C11H13ClN4. The quantitative estimate of drug-likeness (QED) is 0.884. The van der Waals surface area contributed by atoms with Gasteiger partial charge in [-0.3, -0.25) is 0 Å². The number of aromatic nitrogens is 3. The molecule has 0 radical (unpaired) electrons. The Balaban J connectivity index is 2.37. The van der Waals surface area contributed by atoms with Crippen LogP contribution in [0.1, 0.15) is 12.6 Å². The molecule has 1 aromatic carbocycles. The van der Waals surface area contributed by atoms with E-state index in [-0.39, 0.29) is 6.04 Å². The first-order valence-electron chi connectivity index (χ1n) is 5.08. The van der Waals surface area contributed by atoms with Crippen LogP contribution in [-0.4, -0.2) is 21.0 Å². The van der Waals surface area contributed by atoms with Crippen LogP contribution in [0.5, 0.6) is 0 Å². The topological polar surface area (TPSA) is 56.7 Å². The largest absolute Gasteiger partial charge is 0.328 e. The van der Waals surface area contributed by atoms with Gasteiger partial charge in [0.25, 0.3) is 0 Å². The van der Waals surface area contributed by atoms with E-state index in [4.69, 9.17) is 17.3 Å². The molecule has 16 heavy (non-hydrogen) atoms. The van der Waals surface area contributed by atoms with Crippen LogP contribution in [0.3, 0.4) is 0 Å². The maximum atomic E-state index is 5.93. The van der Waals surface area contributed by atoms with Crippen molar-refractivity contribution in [1.29, 1.82) is 0 Å². The Morgan fingerprint density at radius 2 is 2.31 bits per heavy atom. The molecule has 0 aliphatic rings. The lowest BCUT2D eigenvalue weighted by Crippen LogP contribution is -2.19. The second-order valence-electron chi connectivity index (χ2n) is 3.80. The van der Waals surface area contributed by atoms with Gasteiger partial charge in [-0.25, -0.2) is 4.68 Å². The van der Waals surface area contributed by atoms with E-state index >= 15 is 0 Å². The molecule has 2 aromatic rings. The number of halogens is 1. The van der Waals surface area contributed by atoms with Crippen LogP contribution in [0.2, 0.25) is 5.02 Å². The zero-order valence-corrected chi connectivity index (χ0v) is 9.72. The average Bonchev–Trinajstić information content (AvgIpc) is 2.65. The molecule has 0 fully saturated rings. The van der Waals surface area contributed by atoms with Crippen molar-refractivity contribution < 1.29 is 0 Å². The van der Waals surface area contributed by atoms with Gasteiger partial charge in [-0.1, -0.05) is 22.9 Å². The van der Waals surface area contributed by atoms with E-state index in [0.29, 0.717) is 5.02 Å². The summed E-state index contributed by atoms with van der Waals surface area (Å²) in [6.07, 6.45) is 2.46. The molecule has 1 aromatic heterocycles. The number of nitrogens with two attached hydrogens (primary N) is 1. The van der Waals surface area contributed by atoms with Crippen molar-refractivity contribution in [3.63, 3.8) is 0 Å². The van der Waals surface area contributed by atoms with Gasteiger partial charge in [0.05, 0.1) is 17.6 Å². The summed E-state index contributed by atoms with van der Waals surface area (Å²) < 4.78 is 1.76. The number of hydrogen-bond donors (Lipinski definition) is 1. The predicted octanol–water partition coefficient (Wildman–Crippen LogP) is 1.81. The molecule has 0 saturated heterocycles. The van der Waals surface area contributed by atoms with Gasteiger partial charge < -0.3 is 5.73 Å². The highest BCUT2D eigenvalue weighted by Gasteiger charge is 2.08. The van der Waals surface area contributed by atoms with Crippen LogP contribution in [0.4, 0.5) is 0 Å². The lowest BCUT2D eigenvalue weighted by molar-refractivity contribution is 0.682. The van der Waals surface area contributed by atoms with Crippen molar-refractivity contribution in [2.45, 2.75) is 19.4 Å². The lowest BCUT2D eigenvalue weighted by atomic mass is 10.2. The van der Waals surface area contributed by atoms with Gasteiger partial charge in [-0.05, 0) is 25.1 Å². The molecular weight excluding hydrogens is 224 g/mol. The summed E-state index contributed by atoms with van der Waals surface area (Å²) in [5, 5.41) is 8.61. The first-order chi connectivity index (χ1) is 7.66. The monoisotopic (exact) mass is 236 g/mol. The maximum absolute atomic E-state index is 5.93.